The molecule has 1 heterocycles. The van der Waals surface area contributed by atoms with Crippen LogP contribution in [0.5, 0.6) is 0 Å². The van der Waals surface area contributed by atoms with Gasteiger partial charge in [0.25, 0.3) is 5.91 Å². The number of fused-ring (bicyclic) bond motifs is 2. The Balaban J connectivity index is 1.35. The van der Waals surface area contributed by atoms with Crippen LogP contribution in [0.2, 0.25) is 5.02 Å². The van der Waals surface area contributed by atoms with Crippen molar-refractivity contribution in [3.05, 3.63) is 63.6 Å². The van der Waals surface area contributed by atoms with E-state index >= 15 is 0 Å². The minimum atomic E-state index is -4.13. The number of quaternary nitrogens is 1. The highest BCUT2D eigenvalue weighted by Gasteiger charge is 2.59. The molecule has 1 aliphatic heterocycles. The molecule has 218 valence electrons. The van der Waals surface area contributed by atoms with Crippen LogP contribution >= 0.6 is 11.6 Å². The maximum Gasteiger partial charge on any atom is 0.255 e. The molecule has 5 rings (SSSR count). The Morgan fingerprint density at radius 3 is 2.15 bits per heavy atom. The molecule has 1 amide bonds. The molecule has 14 heteroatoms. The van der Waals surface area contributed by atoms with Crippen molar-refractivity contribution in [2.24, 2.45) is 11.8 Å². The van der Waals surface area contributed by atoms with Gasteiger partial charge in [0.2, 0.25) is 0 Å². The molecule has 9 nitrogen and oxygen atoms in total. The Kier molecular flexibility index (Phi) is 7.48. The van der Waals surface area contributed by atoms with Crippen LogP contribution in [-0.2, 0) is 9.84 Å². The lowest BCUT2D eigenvalue weighted by Gasteiger charge is -2.49. The van der Waals surface area contributed by atoms with E-state index in [2.05, 4.69) is 5.32 Å². The molecule has 0 spiro atoms. The fourth-order valence-corrected chi connectivity index (χ4v) is 8.99. The van der Waals surface area contributed by atoms with E-state index in [-0.39, 0.29) is 53.6 Å². The first kappa shape index (κ1) is 29.2. The summed E-state index contributed by atoms with van der Waals surface area (Å²) in [5.74, 6) is -6.66. The first-order chi connectivity index (χ1) is 18.6. The Bertz CT molecular complexity index is 1410. The number of likely N-dealkylation sites (tertiary alicyclic amines) is 1. The van der Waals surface area contributed by atoms with Crippen molar-refractivity contribution in [2.75, 3.05) is 25.0 Å². The van der Waals surface area contributed by atoms with E-state index in [0.717, 1.165) is 6.07 Å². The Labute approximate surface area is 233 Å². The number of benzene rings is 2. The van der Waals surface area contributed by atoms with Gasteiger partial charge in [0, 0.05) is 23.4 Å². The maximum absolute atomic E-state index is 13.7. The van der Waals surface area contributed by atoms with Crippen molar-refractivity contribution in [2.45, 2.75) is 53.6 Å². The van der Waals surface area contributed by atoms with Gasteiger partial charge in [-0.15, -0.1) is 0 Å². The Hall–Kier alpha value is -2.26. The first-order valence-electron chi connectivity index (χ1n) is 12.8. The lowest BCUT2D eigenvalue weighted by molar-refractivity contribution is -0.878. The number of carbonyl (C=O) groups is 1. The summed E-state index contributed by atoms with van der Waals surface area (Å²) >= 11 is 6.23. The Morgan fingerprint density at radius 2 is 1.60 bits per heavy atom. The van der Waals surface area contributed by atoms with Crippen LogP contribution in [0.4, 0.5) is 18.9 Å². The van der Waals surface area contributed by atoms with Gasteiger partial charge in [-0.05, 0) is 55.7 Å². The predicted octanol–water partition coefficient (Wildman–Crippen LogP) is 2.75. The van der Waals surface area contributed by atoms with Gasteiger partial charge in [-0.25, -0.2) is 21.6 Å². The number of sulfone groups is 1. The zero-order valence-corrected chi connectivity index (χ0v) is 22.6. The molecule has 2 bridgehead atoms. The zero-order valence-electron chi connectivity index (χ0n) is 21.1. The van der Waals surface area contributed by atoms with E-state index in [1.54, 1.807) is 0 Å². The van der Waals surface area contributed by atoms with Gasteiger partial charge in [-0.1, -0.05) is 11.6 Å². The number of nitrogens with one attached hydrogen (secondary N) is 1. The molecule has 2 aliphatic carbocycles. The summed E-state index contributed by atoms with van der Waals surface area (Å²) < 4.78 is 66.8. The van der Waals surface area contributed by atoms with Gasteiger partial charge in [-0.3, -0.25) is 4.79 Å². The van der Waals surface area contributed by atoms with Crippen LogP contribution < -0.4 is 5.32 Å². The summed E-state index contributed by atoms with van der Waals surface area (Å²) in [5, 5.41) is 45.5. The Morgan fingerprint density at radius 1 is 1.05 bits per heavy atom. The number of hydroxylamine groups is 3. The van der Waals surface area contributed by atoms with E-state index in [0.29, 0.717) is 25.0 Å². The zero-order chi connectivity index (χ0) is 29.2. The number of hydrogen-bond donors (Lipinski definition) is 4. The first-order valence-corrected chi connectivity index (χ1v) is 14.7. The van der Waals surface area contributed by atoms with E-state index in [9.17, 15) is 46.9 Å². The monoisotopic (exact) mass is 604 g/mol. The van der Waals surface area contributed by atoms with Crippen LogP contribution in [0.25, 0.3) is 0 Å². The van der Waals surface area contributed by atoms with Gasteiger partial charge in [0.05, 0.1) is 15.2 Å². The van der Waals surface area contributed by atoms with Crippen molar-refractivity contribution in [3.8, 4) is 0 Å². The topological polar surface area (TPSA) is 147 Å². The van der Waals surface area contributed by atoms with Gasteiger partial charge in [0.1, 0.15) is 37.4 Å². The van der Waals surface area contributed by atoms with E-state index < -0.39 is 72.7 Å². The van der Waals surface area contributed by atoms with Crippen LogP contribution in [0.1, 0.15) is 36.0 Å². The van der Waals surface area contributed by atoms with Crippen molar-refractivity contribution in [1.29, 1.82) is 0 Å². The number of hydrogen-bond acceptors (Lipinski definition) is 7. The van der Waals surface area contributed by atoms with Gasteiger partial charge in [-0.2, -0.15) is 0 Å². The third kappa shape index (κ3) is 5.13. The second-order valence-electron chi connectivity index (χ2n) is 11.2. The number of rotatable bonds is 6. The lowest BCUT2D eigenvalue weighted by Crippen LogP contribution is -2.59. The minimum absolute atomic E-state index is 0.0430. The van der Waals surface area contributed by atoms with E-state index in [1.807, 2.05) is 0 Å². The van der Waals surface area contributed by atoms with Crippen LogP contribution in [0, 0.1) is 34.5 Å². The number of aliphatic hydroxyl groups is 3. The third-order valence-electron chi connectivity index (χ3n) is 8.58. The summed E-state index contributed by atoms with van der Waals surface area (Å²) in [7, 11) is -4.13. The van der Waals surface area contributed by atoms with Gasteiger partial charge >= 0.3 is 0 Å². The van der Waals surface area contributed by atoms with Crippen molar-refractivity contribution < 1.29 is 46.3 Å². The molecule has 3 fully saturated rings. The van der Waals surface area contributed by atoms with Gasteiger partial charge in [0.15, 0.2) is 27.3 Å². The highest BCUT2D eigenvalue weighted by molar-refractivity contribution is 7.92. The molecule has 0 radical (unpaired) electrons. The molecular formula is C26H28ClF3N2O7S. The van der Waals surface area contributed by atoms with E-state index in [1.165, 1.54) is 12.1 Å². The third-order valence-corrected chi connectivity index (χ3v) is 11.2. The number of nitrogens with zero attached hydrogens (tertiary/aromatic N) is 1. The normalized spacial score (nSPS) is 31.4. The van der Waals surface area contributed by atoms with Crippen LogP contribution in [0.3, 0.4) is 0 Å². The summed E-state index contributed by atoms with van der Waals surface area (Å²) in [6.07, 6.45) is -1.30. The number of halogens is 4. The highest BCUT2D eigenvalue weighted by Crippen LogP contribution is 2.53. The maximum atomic E-state index is 13.7. The average Bonchev–Trinajstić information content (AvgIpc) is 3.16. The molecule has 6 atom stereocenters. The van der Waals surface area contributed by atoms with Crippen molar-refractivity contribution >= 4 is 33.0 Å². The van der Waals surface area contributed by atoms with Crippen LogP contribution in [0.15, 0.2) is 35.2 Å². The smallest absolute Gasteiger partial charge is 0.255 e. The second-order valence-corrected chi connectivity index (χ2v) is 13.8. The molecule has 1 saturated heterocycles. The fraction of sp³-hybridized carbons (Fsp3) is 0.500. The molecule has 2 aromatic carbocycles. The SMILES string of the molecule is O=C(Nc1cc(F)c(F)c(F)c1)c1ccc(Cl)c(S(=O)(=O)C2CC3CC[C@@H](C2)C3(O)C[N+]2([O-])C[C@@H](O)[C@H](O)C2)c1. The molecule has 3 aliphatic rings. The molecule has 40 heavy (non-hydrogen) atoms. The fourth-order valence-electron chi connectivity index (χ4n) is 6.59. The molecule has 2 aromatic rings. The number of carbonyl (C=O) groups excluding carboxylic acids is 1. The molecule has 2 saturated carbocycles. The predicted molar refractivity (Wildman–Crippen MR) is 137 cm³/mol. The number of aliphatic hydroxyl groups excluding tert-OH is 2. The quantitative estimate of drug-likeness (QED) is 0.225. The second kappa shape index (κ2) is 10.2. The van der Waals surface area contributed by atoms with Crippen molar-refractivity contribution in [1.82, 2.24) is 0 Å². The number of anilines is 1. The number of amides is 1. The minimum Gasteiger partial charge on any atom is -0.633 e. The summed E-state index contributed by atoms with van der Waals surface area (Å²) in [6, 6.07) is 4.66. The summed E-state index contributed by atoms with van der Waals surface area (Å²) in [5.41, 5.74) is -2.00. The highest BCUT2D eigenvalue weighted by atomic mass is 35.5. The van der Waals surface area contributed by atoms with Crippen molar-refractivity contribution in [3.63, 3.8) is 0 Å². The summed E-state index contributed by atoms with van der Waals surface area (Å²) in [4.78, 5) is 12.4. The average molecular weight is 605 g/mol. The lowest BCUT2D eigenvalue weighted by atomic mass is 9.74. The summed E-state index contributed by atoms with van der Waals surface area (Å²) in [6.45, 7) is -0.775. The molecule has 0 aromatic heterocycles. The van der Waals surface area contributed by atoms with Gasteiger partial charge < -0.3 is 30.5 Å². The van der Waals surface area contributed by atoms with E-state index in [4.69, 9.17) is 11.6 Å². The molecule has 4 N–H and O–H groups in total. The molecular weight excluding hydrogens is 577 g/mol. The largest absolute Gasteiger partial charge is 0.633 e. The standard InChI is InChI=1S/C26H28ClF3N2O7S/c27-18-4-1-13(25(35)31-16-8-19(28)24(30)20(29)9-16)5-23(18)40(38,39)17-6-14-2-3-15(7-17)26(14,36)12-32(37)10-21(33)22(34)11-32/h1,4-5,8-9,14-15,17,21-22,33-34,36H,2-3,6-7,10-12H2,(H,31,35)/t14-,15?,17?,21+,22+,26?/m0/s1. The van der Waals surface area contributed by atoms with Crippen LogP contribution in [-0.4, -0.2) is 77.0 Å². The molecule has 3 unspecified atom stereocenters.